The third-order valence-corrected chi connectivity index (χ3v) is 2.23. The molecular formula is C13H20N4. The van der Waals surface area contributed by atoms with Crippen molar-refractivity contribution in [2.75, 3.05) is 18.5 Å². The van der Waals surface area contributed by atoms with Crippen molar-refractivity contribution in [2.45, 2.75) is 32.9 Å². The zero-order chi connectivity index (χ0) is 12.9. The second kappa shape index (κ2) is 5.65. The van der Waals surface area contributed by atoms with Crippen LogP contribution in [-0.2, 0) is 6.54 Å². The molecule has 0 fully saturated rings. The van der Waals surface area contributed by atoms with Gasteiger partial charge in [0.1, 0.15) is 0 Å². The molecule has 1 rings (SSSR count). The summed E-state index contributed by atoms with van der Waals surface area (Å²) >= 11 is 0. The summed E-state index contributed by atoms with van der Waals surface area (Å²) in [6.07, 6.45) is 5.24. The van der Waals surface area contributed by atoms with E-state index in [1.165, 1.54) is 0 Å². The highest BCUT2D eigenvalue weighted by Gasteiger charge is 2.09. The van der Waals surface area contributed by atoms with Crippen LogP contribution in [0, 0.1) is 12.3 Å². The molecule has 0 spiro atoms. The average Bonchev–Trinajstić information content (AvgIpc) is 2.26. The Morgan fingerprint density at radius 2 is 2.06 bits per heavy atom. The van der Waals surface area contributed by atoms with E-state index in [1.54, 1.807) is 0 Å². The monoisotopic (exact) mass is 232 g/mol. The molecule has 0 saturated carbocycles. The van der Waals surface area contributed by atoms with E-state index in [1.807, 2.05) is 24.1 Å². The van der Waals surface area contributed by atoms with Crippen molar-refractivity contribution in [3.63, 3.8) is 0 Å². The summed E-state index contributed by atoms with van der Waals surface area (Å²) in [6, 6.07) is 3.90. The minimum absolute atomic E-state index is 0.0839. The molecule has 1 aromatic rings. The van der Waals surface area contributed by atoms with Gasteiger partial charge in [-0.3, -0.25) is 0 Å². The lowest BCUT2D eigenvalue weighted by Crippen LogP contribution is -2.35. The van der Waals surface area contributed by atoms with Crippen molar-refractivity contribution in [1.29, 1.82) is 0 Å². The van der Waals surface area contributed by atoms with E-state index in [-0.39, 0.29) is 5.54 Å². The van der Waals surface area contributed by atoms with Crippen molar-refractivity contribution in [3.8, 4) is 12.3 Å². The predicted molar refractivity (Wildman–Crippen MR) is 70.7 cm³/mol. The number of terminal acetylenes is 1. The Hall–Kier alpha value is -1.60. The van der Waals surface area contributed by atoms with Gasteiger partial charge in [0.25, 0.3) is 0 Å². The maximum Gasteiger partial charge on any atom is 0.151 e. The second-order valence-electron chi connectivity index (χ2n) is 5.05. The van der Waals surface area contributed by atoms with Gasteiger partial charge in [0.15, 0.2) is 5.82 Å². The van der Waals surface area contributed by atoms with Crippen LogP contribution in [0.3, 0.4) is 0 Å². The van der Waals surface area contributed by atoms with Crippen molar-refractivity contribution in [1.82, 2.24) is 15.5 Å². The molecule has 92 valence electrons. The first-order valence-corrected chi connectivity index (χ1v) is 5.64. The largest absolute Gasteiger partial charge is 0.347 e. The molecule has 0 atom stereocenters. The lowest BCUT2D eigenvalue weighted by atomic mass is 10.1. The smallest absolute Gasteiger partial charge is 0.151 e. The summed E-state index contributed by atoms with van der Waals surface area (Å²) in [4.78, 5) is 1.88. The van der Waals surface area contributed by atoms with Crippen LogP contribution < -0.4 is 10.2 Å². The second-order valence-corrected chi connectivity index (χ2v) is 5.05. The molecule has 4 heteroatoms. The molecule has 17 heavy (non-hydrogen) atoms. The Kier molecular flexibility index (Phi) is 4.47. The van der Waals surface area contributed by atoms with Gasteiger partial charge >= 0.3 is 0 Å². The number of aromatic nitrogens is 2. The SMILES string of the molecule is C#CCN(C)c1ccc(CNC(C)(C)C)nn1. The molecule has 0 aliphatic carbocycles. The third kappa shape index (κ3) is 4.83. The third-order valence-electron chi connectivity index (χ3n) is 2.23. The fraction of sp³-hybridized carbons (Fsp3) is 0.538. The van der Waals surface area contributed by atoms with Gasteiger partial charge < -0.3 is 10.2 Å². The van der Waals surface area contributed by atoms with Gasteiger partial charge in [-0.05, 0) is 32.9 Å². The van der Waals surface area contributed by atoms with Crippen molar-refractivity contribution < 1.29 is 0 Å². The standard InChI is InChI=1S/C13H20N4/c1-6-9-17(5)12-8-7-11(15-16-12)10-14-13(2,3)4/h1,7-8,14H,9-10H2,2-5H3. The zero-order valence-electron chi connectivity index (χ0n) is 11.0. The molecule has 0 radical (unpaired) electrons. The summed E-state index contributed by atoms with van der Waals surface area (Å²) in [5, 5.41) is 11.7. The summed E-state index contributed by atoms with van der Waals surface area (Å²) in [5.74, 6) is 3.37. The molecule has 0 unspecified atom stereocenters. The minimum atomic E-state index is 0.0839. The summed E-state index contributed by atoms with van der Waals surface area (Å²) in [5.41, 5.74) is 1.01. The van der Waals surface area contributed by atoms with Crippen molar-refractivity contribution in [3.05, 3.63) is 17.8 Å². The van der Waals surface area contributed by atoms with Crippen LogP contribution in [0.1, 0.15) is 26.5 Å². The van der Waals surface area contributed by atoms with Gasteiger partial charge in [-0.25, -0.2) is 0 Å². The number of nitrogens with one attached hydrogen (secondary N) is 1. The highest BCUT2D eigenvalue weighted by molar-refractivity contribution is 5.37. The van der Waals surface area contributed by atoms with Crippen LogP contribution in [0.15, 0.2) is 12.1 Å². The van der Waals surface area contributed by atoms with Crippen LogP contribution in [-0.4, -0.2) is 29.3 Å². The van der Waals surface area contributed by atoms with E-state index in [2.05, 4.69) is 42.2 Å². The molecule has 4 nitrogen and oxygen atoms in total. The molecule has 0 bridgehead atoms. The highest BCUT2D eigenvalue weighted by atomic mass is 15.2. The summed E-state index contributed by atoms with van der Waals surface area (Å²) in [6.45, 7) is 7.62. The normalized spacial score (nSPS) is 11.0. The first-order chi connectivity index (χ1) is 7.92. The van der Waals surface area contributed by atoms with Gasteiger partial charge in [-0.1, -0.05) is 5.92 Å². The molecule has 0 aliphatic heterocycles. The summed E-state index contributed by atoms with van der Waals surface area (Å²) in [7, 11) is 1.90. The van der Waals surface area contributed by atoms with Gasteiger partial charge in [0, 0.05) is 19.1 Å². The van der Waals surface area contributed by atoms with Crippen LogP contribution in [0.2, 0.25) is 0 Å². The Balaban J connectivity index is 2.59. The first-order valence-electron chi connectivity index (χ1n) is 5.64. The molecule has 0 aromatic carbocycles. The Morgan fingerprint density at radius 3 is 2.53 bits per heavy atom. The van der Waals surface area contributed by atoms with Gasteiger partial charge in [-0.15, -0.1) is 11.5 Å². The number of nitrogens with zero attached hydrogens (tertiary/aromatic N) is 3. The fourth-order valence-corrected chi connectivity index (χ4v) is 1.22. The van der Waals surface area contributed by atoms with E-state index >= 15 is 0 Å². The predicted octanol–water partition coefficient (Wildman–Crippen LogP) is 1.43. The fourth-order valence-electron chi connectivity index (χ4n) is 1.22. The lowest BCUT2D eigenvalue weighted by Gasteiger charge is -2.20. The van der Waals surface area contributed by atoms with Crippen LogP contribution in [0.4, 0.5) is 5.82 Å². The van der Waals surface area contributed by atoms with Gasteiger partial charge in [-0.2, -0.15) is 5.10 Å². The Bertz CT molecular complexity index is 383. The lowest BCUT2D eigenvalue weighted by molar-refractivity contribution is 0.420. The number of anilines is 1. The van der Waals surface area contributed by atoms with Gasteiger partial charge in [0.05, 0.1) is 12.2 Å². The van der Waals surface area contributed by atoms with Gasteiger partial charge in [0.2, 0.25) is 0 Å². The minimum Gasteiger partial charge on any atom is -0.347 e. The molecule has 1 N–H and O–H groups in total. The Labute approximate surface area is 103 Å². The molecule has 1 aromatic heterocycles. The Morgan fingerprint density at radius 1 is 1.35 bits per heavy atom. The van der Waals surface area contributed by atoms with Crippen LogP contribution in [0.5, 0.6) is 0 Å². The first kappa shape index (κ1) is 13.5. The molecular weight excluding hydrogens is 212 g/mol. The van der Waals surface area contributed by atoms with E-state index in [9.17, 15) is 0 Å². The molecule has 1 heterocycles. The van der Waals surface area contributed by atoms with Crippen molar-refractivity contribution in [2.24, 2.45) is 0 Å². The average molecular weight is 232 g/mol. The summed E-state index contributed by atoms with van der Waals surface area (Å²) < 4.78 is 0. The maximum absolute atomic E-state index is 5.24. The molecule has 0 aliphatic rings. The van der Waals surface area contributed by atoms with Crippen LogP contribution >= 0.6 is 0 Å². The van der Waals surface area contributed by atoms with Crippen molar-refractivity contribution >= 4 is 5.82 Å². The quantitative estimate of drug-likeness (QED) is 0.797. The zero-order valence-corrected chi connectivity index (χ0v) is 11.0. The number of rotatable bonds is 4. The number of hydrogen-bond acceptors (Lipinski definition) is 4. The van der Waals surface area contributed by atoms with E-state index in [4.69, 9.17) is 6.42 Å². The van der Waals surface area contributed by atoms with E-state index in [0.29, 0.717) is 6.54 Å². The van der Waals surface area contributed by atoms with Crippen LogP contribution in [0.25, 0.3) is 0 Å². The number of hydrogen-bond donors (Lipinski definition) is 1. The maximum atomic E-state index is 5.24. The molecule has 0 saturated heterocycles. The van der Waals surface area contributed by atoms with E-state index in [0.717, 1.165) is 18.1 Å². The topological polar surface area (TPSA) is 41.0 Å². The highest BCUT2D eigenvalue weighted by Crippen LogP contribution is 2.07. The molecule has 0 amide bonds. The van der Waals surface area contributed by atoms with E-state index < -0.39 is 0 Å².